The summed E-state index contributed by atoms with van der Waals surface area (Å²) in [4.78, 5) is 0. The van der Waals surface area contributed by atoms with Crippen molar-refractivity contribution in [2.75, 3.05) is 0 Å². The van der Waals surface area contributed by atoms with Crippen molar-refractivity contribution >= 4 is 28.0 Å². The van der Waals surface area contributed by atoms with E-state index in [9.17, 15) is 0 Å². The molecule has 0 unspecified atom stereocenters. The number of thiocarbonyl (C=S) groups is 1. The summed E-state index contributed by atoms with van der Waals surface area (Å²) in [5, 5.41) is 11.5. The van der Waals surface area contributed by atoms with Gasteiger partial charge in [-0.3, -0.25) is 0 Å². The molecule has 0 saturated heterocycles. The van der Waals surface area contributed by atoms with Gasteiger partial charge in [0.2, 0.25) is 0 Å². The number of aliphatic hydroxyl groups is 1. The number of aryl methyl sites for hydroxylation is 1. The maximum Gasteiger partial charge on any atom is 0.188 e. The van der Waals surface area contributed by atoms with Crippen LogP contribution in [0.25, 0.3) is 10.8 Å². The van der Waals surface area contributed by atoms with Crippen LogP contribution in [0.1, 0.15) is 11.1 Å². The lowest BCUT2D eigenvalue weighted by molar-refractivity contribution is 0.570. The fourth-order valence-electron chi connectivity index (χ4n) is 1.95. The molecule has 0 bridgehead atoms. The maximum atomic E-state index is 8.94. The lowest BCUT2D eigenvalue weighted by Gasteiger charge is -1.99. The van der Waals surface area contributed by atoms with Gasteiger partial charge in [0.25, 0.3) is 0 Å². The van der Waals surface area contributed by atoms with Crippen LogP contribution in [0.15, 0.2) is 72.8 Å². The molecular formula is C18H16OS. The Morgan fingerprint density at radius 3 is 1.50 bits per heavy atom. The Morgan fingerprint density at radius 2 is 1.15 bits per heavy atom. The van der Waals surface area contributed by atoms with E-state index in [0.29, 0.717) is 0 Å². The standard InChI is InChI=1S/C10H8.C8H8OS/c1-2-6-10-8-4-3-7-9(10)5-1;1-6-4-2-3-5-7(6)8(9)10/h1-8H;2-5H,1H3,(H,9,10). The minimum Gasteiger partial charge on any atom is -0.499 e. The topological polar surface area (TPSA) is 20.2 Å². The highest BCUT2D eigenvalue weighted by Gasteiger charge is 1.98. The van der Waals surface area contributed by atoms with Crippen LogP contribution >= 0.6 is 12.2 Å². The Kier molecular flexibility index (Phi) is 4.85. The summed E-state index contributed by atoms with van der Waals surface area (Å²) < 4.78 is 0. The van der Waals surface area contributed by atoms with Crippen LogP contribution in [-0.4, -0.2) is 10.2 Å². The zero-order valence-corrected chi connectivity index (χ0v) is 12.1. The Balaban J connectivity index is 0.000000147. The smallest absolute Gasteiger partial charge is 0.188 e. The predicted molar refractivity (Wildman–Crippen MR) is 89.5 cm³/mol. The third-order valence-corrected chi connectivity index (χ3v) is 3.25. The van der Waals surface area contributed by atoms with E-state index >= 15 is 0 Å². The molecule has 20 heavy (non-hydrogen) atoms. The van der Waals surface area contributed by atoms with Crippen LogP contribution in [0.4, 0.5) is 0 Å². The van der Waals surface area contributed by atoms with Gasteiger partial charge in [0.1, 0.15) is 0 Å². The van der Waals surface area contributed by atoms with E-state index in [1.54, 1.807) is 6.07 Å². The number of hydrogen-bond donors (Lipinski definition) is 1. The monoisotopic (exact) mass is 280 g/mol. The van der Waals surface area contributed by atoms with E-state index in [1.807, 2.05) is 25.1 Å². The first-order valence-electron chi connectivity index (χ1n) is 6.41. The largest absolute Gasteiger partial charge is 0.499 e. The minimum absolute atomic E-state index is 0.0295. The average molecular weight is 280 g/mol. The molecular weight excluding hydrogens is 264 g/mol. The number of rotatable bonds is 1. The van der Waals surface area contributed by atoms with Crippen molar-refractivity contribution in [1.82, 2.24) is 0 Å². The summed E-state index contributed by atoms with van der Waals surface area (Å²) >= 11 is 4.61. The van der Waals surface area contributed by atoms with Crippen molar-refractivity contribution in [2.45, 2.75) is 6.92 Å². The molecule has 0 atom stereocenters. The number of aliphatic hydroxyl groups excluding tert-OH is 1. The maximum absolute atomic E-state index is 8.94. The molecule has 2 heteroatoms. The molecule has 3 aromatic rings. The van der Waals surface area contributed by atoms with Crippen LogP contribution in [-0.2, 0) is 0 Å². The molecule has 0 fully saturated rings. The van der Waals surface area contributed by atoms with Crippen molar-refractivity contribution in [3.8, 4) is 0 Å². The molecule has 0 aliphatic rings. The van der Waals surface area contributed by atoms with Crippen molar-refractivity contribution < 1.29 is 5.11 Å². The zero-order valence-electron chi connectivity index (χ0n) is 11.3. The van der Waals surface area contributed by atoms with Crippen molar-refractivity contribution in [3.63, 3.8) is 0 Å². The summed E-state index contributed by atoms with van der Waals surface area (Å²) in [5.74, 6) is 0. The molecule has 0 radical (unpaired) electrons. The lowest BCUT2D eigenvalue weighted by atomic mass is 10.1. The second kappa shape index (κ2) is 6.83. The molecule has 0 saturated carbocycles. The van der Waals surface area contributed by atoms with Gasteiger partial charge in [0, 0.05) is 5.56 Å². The molecule has 3 aromatic carbocycles. The van der Waals surface area contributed by atoms with Gasteiger partial charge >= 0.3 is 0 Å². The second-order valence-electron chi connectivity index (χ2n) is 4.47. The molecule has 0 aliphatic heterocycles. The number of hydrogen-bond acceptors (Lipinski definition) is 1. The van der Waals surface area contributed by atoms with Crippen LogP contribution in [0, 0.1) is 6.92 Å². The van der Waals surface area contributed by atoms with Gasteiger partial charge in [0.05, 0.1) is 0 Å². The van der Waals surface area contributed by atoms with E-state index in [2.05, 4.69) is 60.7 Å². The van der Waals surface area contributed by atoms with Crippen LogP contribution < -0.4 is 0 Å². The van der Waals surface area contributed by atoms with Gasteiger partial charge in [-0.2, -0.15) is 0 Å². The molecule has 3 rings (SSSR count). The highest BCUT2D eigenvalue weighted by atomic mass is 32.1. The van der Waals surface area contributed by atoms with Gasteiger partial charge in [0.15, 0.2) is 5.05 Å². The summed E-state index contributed by atoms with van der Waals surface area (Å²) in [7, 11) is 0. The van der Waals surface area contributed by atoms with E-state index in [-0.39, 0.29) is 5.05 Å². The Bertz CT molecular complexity index is 654. The second-order valence-corrected chi connectivity index (χ2v) is 4.85. The SMILES string of the molecule is Cc1ccccc1C(O)=S.c1ccc2ccccc2c1. The summed E-state index contributed by atoms with van der Waals surface area (Å²) in [5.41, 5.74) is 1.76. The molecule has 100 valence electrons. The van der Waals surface area contributed by atoms with Gasteiger partial charge in [-0.1, -0.05) is 72.8 Å². The summed E-state index contributed by atoms with van der Waals surface area (Å²) in [6, 6.07) is 24.2. The van der Waals surface area contributed by atoms with Crippen LogP contribution in [0.5, 0.6) is 0 Å². The Morgan fingerprint density at radius 1 is 0.750 bits per heavy atom. The molecule has 1 N–H and O–H groups in total. The van der Waals surface area contributed by atoms with Crippen molar-refractivity contribution in [3.05, 3.63) is 83.9 Å². The molecule has 0 aliphatic carbocycles. The minimum atomic E-state index is -0.0295. The van der Waals surface area contributed by atoms with E-state index in [4.69, 9.17) is 5.11 Å². The van der Waals surface area contributed by atoms with Gasteiger partial charge in [-0.25, -0.2) is 0 Å². The average Bonchev–Trinajstić information content (AvgIpc) is 2.48. The van der Waals surface area contributed by atoms with Gasteiger partial charge in [-0.05, 0) is 35.5 Å². The van der Waals surface area contributed by atoms with E-state index < -0.39 is 0 Å². The van der Waals surface area contributed by atoms with Crippen LogP contribution in [0.3, 0.4) is 0 Å². The quantitative estimate of drug-likeness (QED) is 0.628. The summed E-state index contributed by atoms with van der Waals surface area (Å²) in [6.45, 7) is 1.91. The lowest BCUT2D eigenvalue weighted by Crippen LogP contribution is -1.96. The number of fused-ring (bicyclic) bond motifs is 1. The third kappa shape index (κ3) is 3.65. The first-order chi connectivity index (χ1) is 9.68. The first kappa shape index (κ1) is 14.2. The highest BCUT2D eigenvalue weighted by molar-refractivity contribution is 7.80. The van der Waals surface area contributed by atoms with Crippen LogP contribution in [0.2, 0.25) is 0 Å². The Labute approximate surface area is 124 Å². The molecule has 0 amide bonds. The fraction of sp³-hybridized carbons (Fsp3) is 0.0556. The predicted octanol–water partition coefficient (Wildman–Crippen LogP) is 5.07. The Hall–Kier alpha value is -2.19. The van der Waals surface area contributed by atoms with E-state index in [0.717, 1.165) is 11.1 Å². The normalized spacial score (nSPS) is 9.65. The zero-order chi connectivity index (χ0) is 14.4. The van der Waals surface area contributed by atoms with Gasteiger partial charge < -0.3 is 5.11 Å². The fourth-order valence-corrected chi connectivity index (χ4v) is 2.17. The highest BCUT2D eigenvalue weighted by Crippen LogP contribution is 2.11. The van der Waals surface area contributed by atoms with Crippen molar-refractivity contribution in [1.29, 1.82) is 0 Å². The summed E-state index contributed by atoms with van der Waals surface area (Å²) in [6.07, 6.45) is 0. The number of benzene rings is 3. The molecule has 0 spiro atoms. The molecule has 1 nitrogen and oxygen atoms in total. The van der Waals surface area contributed by atoms with E-state index in [1.165, 1.54) is 10.8 Å². The molecule has 0 heterocycles. The van der Waals surface area contributed by atoms with Crippen molar-refractivity contribution in [2.24, 2.45) is 0 Å². The van der Waals surface area contributed by atoms with Gasteiger partial charge in [-0.15, -0.1) is 0 Å². The third-order valence-electron chi connectivity index (χ3n) is 3.03. The molecule has 0 aromatic heterocycles. The first-order valence-corrected chi connectivity index (χ1v) is 6.82.